The van der Waals surface area contributed by atoms with E-state index < -0.39 is 0 Å². The standard InChI is InChI=1S/C22H33NO3/c1-14(25)16-5-6-17-15-4-7-19-22(3,18(15)8-10-21(16,17)2)11-9-20(26)23(19)12-13-24/h7,15-18,24H,4-6,8-13H2,1-3H3. The summed E-state index contributed by atoms with van der Waals surface area (Å²) in [6, 6.07) is 0. The van der Waals surface area contributed by atoms with E-state index in [0.717, 1.165) is 32.1 Å². The van der Waals surface area contributed by atoms with Gasteiger partial charge >= 0.3 is 0 Å². The van der Waals surface area contributed by atoms with E-state index in [0.29, 0.717) is 36.5 Å². The van der Waals surface area contributed by atoms with Crippen molar-refractivity contribution in [3.63, 3.8) is 0 Å². The number of β-amino-alcohol motifs (C(OH)–C–C–N with tert-alkyl or cyclic N) is 1. The number of fused-ring (bicyclic) bond motifs is 5. The van der Waals surface area contributed by atoms with Gasteiger partial charge in [0.05, 0.1) is 6.61 Å². The van der Waals surface area contributed by atoms with Crippen LogP contribution in [-0.4, -0.2) is 34.8 Å². The molecule has 1 aliphatic heterocycles. The Morgan fingerprint density at radius 1 is 1.23 bits per heavy atom. The molecule has 0 aromatic rings. The van der Waals surface area contributed by atoms with Crippen molar-refractivity contribution in [3.05, 3.63) is 11.8 Å². The molecule has 1 amide bonds. The van der Waals surface area contributed by atoms with Crippen LogP contribution in [-0.2, 0) is 9.59 Å². The molecule has 0 radical (unpaired) electrons. The molecule has 1 heterocycles. The molecular weight excluding hydrogens is 326 g/mol. The van der Waals surface area contributed by atoms with Crippen LogP contribution in [0.2, 0.25) is 0 Å². The molecule has 0 aromatic carbocycles. The molecule has 0 spiro atoms. The van der Waals surface area contributed by atoms with E-state index in [-0.39, 0.29) is 29.3 Å². The zero-order valence-electron chi connectivity index (χ0n) is 16.5. The summed E-state index contributed by atoms with van der Waals surface area (Å²) in [5.41, 5.74) is 1.39. The summed E-state index contributed by atoms with van der Waals surface area (Å²) in [5.74, 6) is 2.65. The topological polar surface area (TPSA) is 57.6 Å². The Bertz CT molecular complexity index is 656. The van der Waals surface area contributed by atoms with Gasteiger partial charge in [-0.05, 0) is 68.6 Å². The molecule has 4 nitrogen and oxygen atoms in total. The minimum absolute atomic E-state index is 0.0221. The number of hydrogen-bond donors (Lipinski definition) is 1. The van der Waals surface area contributed by atoms with Crippen molar-refractivity contribution in [2.75, 3.05) is 13.2 Å². The van der Waals surface area contributed by atoms with Crippen molar-refractivity contribution in [2.45, 2.75) is 65.7 Å². The van der Waals surface area contributed by atoms with Crippen LogP contribution in [0.25, 0.3) is 0 Å². The number of hydrogen-bond acceptors (Lipinski definition) is 3. The van der Waals surface area contributed by atoms with Gasteiger partial charge in [-0.2, -0.15) is 0 Å². The molecule has 1 saturated heterocycles. The van der Waals surface area contributed by atoms with E-state index >= 15 is 0 Å². The van der Waals surface area contributed by atoms with Crippen LogP contribution in [0.5, 0.6) is 0 Å². The molecule has 6 unspecified atom stereocenters. The van der Waals surface area contributed by atoms with Crippen LogP contribution >= 0.6 is 0 Å². The quantitative estimate of drug-likeness (QED) is 0.838. The summed E-state index contributed by atoms with van der Waals surface area (Å²) >= 11 is 0. The molecule has 4 rings (SSSR count). The number of aliphatic hydroxyl groups is 1. The van der Waals surface area contributed by atoms with E-state index in [1.54, 1.807) is 6.92 Å². The molecule has 4 aliphatic rings. The largest absolute Gasteiger partial charge is 0.395 e. The lowest BCUT2D eigenvalue weighted by Crippen LogP contribution is -2.54. The van der Waals surface area contributed by atoms with Crippen molar-refractivity contribution in [1.82, 2.24) is 4.90 Å². The molecule has 0 aromatic heterocycles. The fraction of sp³-hybridized carbons (Fsp3) is 0.818. The third-order valence-electron chi connectivity index (χ3n) is 8.69. The van der Waals surface area contributed by atoms with Gasteiger partial charge in [0.2, 0.25) is 5.91 Å². The third-order valence-corrected chi connectivity index (χ3v) is 8.69. The van der Waals surface area contributed by atoms with Gasteiger partial charge in [-0.1, -0.05) is 19.9 Å². The number of carbonyl (C=O) groups is 2. The number of rotatable bonds is 3. The first kappa shape index (κ1) is 18.2. The van der Waals surface area contributed by atoms with Crippen LogP contribution in [0.4, 0.5) is 0 Å². The van der Waals surface area contributed by atoms with Gasteiger partial charge < -0.3 is 10.0 Å². The first-order valence-corrected chi connectivity index (χ1v) is 10.4. The third kappa shape index (κ3) is 2.37. The predicted molar refractivity (Wildman–Crippen MR) is 100 cm³/mol. The first-order valence-electron chi connectivity index (χ1n) is 10.4. The number of allylic oxidation sites excluding steroid dienone is 2. The van der Waals surface area contributed by atoms with Gasteiger partial charge in [0.1, 0.15) is 5.78 Å². The summed E-state index contributed by atoms with van der Waals surface area (Å²) in [6.07, 6.45) is 9.39. The number of likely N-dealkylation sites (tertiary alicyclic amines) is 1. The molecule has 0 bridgehead atoms. The molecule has 1 N–H and O–H groups in total. The Balaban J connectivity index is 1.68. The highest BCUT2D eigenvalue weighted by molar-refractivity contribution is 5.80. The lowest BCUT2D eigenvalue weighted by Gasteiger charge is -2.58. The maximum atomic E-state index is 12.4. The SMILES string of the molecule is CC(=O)C1CCC2C3CC=C4N(CCO)C(=O)CCC4(C)C3CCC12C. The van der Waals surface area contributed by atoms with Gasteiger partial charge in [0.15, 0.2) is 0 Å². The van der Waals surface area contributed by atoms with E-state index in [4.69, 9.17) is 0 Å². The van der Waals surface area contributed by atoms with Crippen molar-refractivity contribution in [3.8, 4) is 0 Å². The number of aliphatic hydroxyl groups excluding tert-OH is 1. The van der Waals surface area contributed by atoms with Crippen LogP contribution in [0.15, 0.2) is 11.8 Å². The fourth-order valence-electron chi connectivity index (χ4n) is 7.46. The zero-order chi connectivity index (χ0) is 18.7. The molecule has 6 atom stereocenters. The highest BCUT2D eigenvalue weighted by Gasteiger charge is 2.60. The minimum atomic E-state index is 0.0221. The predicted octanol–water partition coefficient (Wildman–Crippen LogP) is 3.54. The van der Waals surface area contributed by atoms with Gasteiger partial charge in [-0.3, -0.25) is 9.59 Å². The fourth-order valence-corrected chi connectivity index (χ4v) is 7.46. The van der Waals surface area contributed by atoms with Crippen LogP contribution < -0.4 is 0 Å². The minimum Gasteiger partial charge on any atom is -0.395 e. The highest BCUT2D eigenvalue weighted by atomic mass is 16.3. The van der Waals surface area contributed by atoms with E-state index in [2.05, 4.69) is 19.9 Å². The number of nitrogens with zero attached hydrogens (tertiary/aromatic N) is 1. The average molecular weight is 360 g/mol. The van der Waals surface area contributed by atoms with Crippen LogP contribution in [0, 0.1) is 34.5 Å². The molecule has 26 heavy (non-hydrogen) atoms. The molecule has 2 saturated carbocycles. The summed E-state index contributed by atoms with van der Waals surface area (Å²) in [6.45, 7) is 6.95. The first-order chi connectivity index (χ1) is 12.3. The maximum Gasteiger partial charge on any atom is 0.226 e. The van der Waals surface area contributed by atoms with Crippen molar-refractivity contribution in [1.29, 1.82) is 0 Å². The molecule has 3 aliphatic carbocycles. The smallest absolute Gasteiger partial charge is 0.226 e. The lowest BCUT2D eigenvalue weighted by atomic mass is 9.49. The zero-order valence-corrected chi connectivity index (χ0v) is 16.5. The van der Waals surface area contributed by atoms with Gasteiger partial charge in [0.25, 0.3) is 0 Å². The Morgan fingerprint density at radius 3 is 2.69 bits per heavy atom. The van der Waals surface area contributed by atoms with Gasteiger partial charge in [-0.25, -0.2) is 0 Å². The molecular formula is C22H33NO3. The maximum absolute atomic E-state index is 12.4. The number of piperidine rings is 1. The van der Waals surface area contributed by atoms with E-state index in [9.17, 15) is 14.7 Å². The second kappa shape index (κ2) is 6.19. The summed E-state index contributed by atoms with van der Waals surface area (Å²) < 4.78 is 0. The lowest BCUT2D eigenvalue weighted by molar-refractivity contribution is -0.139. The number of Topliss-reactive ketones (excluding diaryl/α,β-unsaturated/α-hetero) is 1. The van der Waals surface area contributed by atoms with Gasteiger partial charge in [0, 0.05) is 30.0 Å². The average Bonchev–Trinajstić information content (AvgIpc) is 2.95. The Hall–Kier alpha value is -1.16. The summed E-state index contributed by atoms with van der Waals surface area (Å²) in [5, 5.41) is 9.43. The van der Waals surface area contributed by atoms with Crippen molar-refractivity contribution >= 4 is 11.7 Å². The monoisotopic (exact) mass is 359 g/mol. The Labute approximate surface area is 157 Å². The molecule has 4 heteroatoms. The van der Waals surface area contributed by atoms with E-state index in [1.165, 1.54) is 12.1 Å². The highest BCUT2D eigenvalue weighted by Crippen LogP contribution is 2.66. The number of amides is 1. The number of ketones is 1. The Kier molecular flexibility index (Phi) is 4.33. The van der Waals surface area contributed by atoms with Crippen molar-refractivity contribution in [2.24, 2.45) is 34.5 Å². The van der Waals surface area contributed by atoms with E-state index in [1.807, 2.05) is 4.90 Å². The Morgan fingerprint density at radius 2 is 2.00 bits per heavy atom. The molecule has 3 fully saturated rings. The second-order valence-electron chi connectivity index (χ2n) is 9.67. The van der Waals surface area contributed by atoms with Crippen LogP contribution in [0.1, 0.15) is 65.7 Å². The molecule has 144 valence electrons. The number of carbonyl (C=O) groups excluding carboxylic acids is 2. The second-order valence-corrected chi connectivity index (χ2v) is 9.67. The summed E-state index contributed by atoms with van der Waals surface area (Å²) in [7, 11) is 0. The van der Waals surface area contributed by atoms with Crippen LogP contribution in [0.3, 0.4) is 0 Å². The summed E-state index contributed by atoms with van der Waals surface area (Å²) in [4.78, 5) is 26.5. The van der Waals surface area contributed by atoms with Crippen molar-refractivity contribution < 1.29 is 14.7 Å². The van der Waals surface area contributed by atoms with Gasteiger partial charge in [-0.15, -0.1) is 0 Å². The normalized spacial score (nSPS) is 44.8.